The summed E-state index contributed by atoms with van der Waals surface area (Å²) in [5, 5.41) is 3.18. The molecule has 0 bridgehead atoms. The number of benzene rings is 2. The molecule has 156 valence electrons. The van der Waals surface area contributed by atoms with Crippen LogP contribution in [-0.2, 0) is 9.59 Å². The maximum atomic E-state index is 12.2. The van der Waals surface area contributed by atoms with Crippen molar-refractivity contribution in [2.45, 2.75) is 12.8 Å². The molecule has 0 heterocycles. The Balaban J connectivity index is 1.73. The molecular weight excluding hydrogens is 396 g/mol. The van der Waals surface area contributed by atoms with E-state index in [1.54, 1.807) is 44.5 Å². The molecule has 0 aliphatic heterocycles. The van der Waals surface area contributed by atoms with Gasteiger partial charge in [0.05, 0.1) is 33.1 Å². The van der Waals surface area contributed by atoms with Gasteiger partial charge in [-0.1, -0.05) is 11.6 Å². The van der Waals surface area contributed by atoms with Crippen molar-refractivity contribution in [3.05, 3.63) is 47.5 Å². The standard InChI is InChI=1S/C21H25ClN2O5/c1-24(14-20(25)23-18-13-15(22)6-11-19(18)28-3)21(26)5-4-12-29-17-9-7-16(27-2)8-10-17/h6-11,13H,4-5,12,14H2,1-3H3,(H,23,25). The number of ether oxygens (including phenoxy) is 3. The van der Waals surface area contributed by atoms with Crippen LogP contribution in [-0.4, -0.2) is 51.1 Å². The van der Waals surface area contributed by atoms with Crippen LogP contribution in [0, 0.1) is 0 Å². The molecule has 0 aliphatic rings. The summed E-state index contributed by atoms with van der Waals surface area (Å²) in [6.07, 6.45) is 0.819. The zero-order valence-corrected chi connectivity index (χ0v) is 17.5. The number of nitrogens with zero attached hydrogens (tertiary/aromatic N) is 1. The third-order valence-electron chi connectivity index (χ3n) is 4.11. The van der Waals surface area contributed by atoms with Crippen molar-refractivity contribution in [3.8, 4) is 17.2 Å². The maximum absolute atomic E-state index is 12.2. The van der Waals surface area contributed by atoms with Crippen LogP contribution in [0.1, 0.15) is 12.8 Å². The Morgan fingerprint density at radius 1 is 1.03 bits per heavy atom. The number of carbonyl (C=O) groups excluding carboxylic acids is 2. The molecule has 0 aromatic heterocycles. The van der Waals surface area contributed by atoms with E-state index in [1.165, 1.54) is 12.0 Å². The molecule has 0 spiro atoms. The fourth-order valence-corrected chi connectivity index (χ4v) is 2.72. The number of halogens is 1. The number of amides is 2. The van der Waals surface area contributed by atoms with E-state index >= 15 is 0 Å². The molecule has 29 heavy (non-hydrogen) atoms. The average molecular weight is 421 g/mol. The lowest BCUT2D eigenvalue weighted by Gasteiger charge is -2.17. The number of anilines is 1. The van der Waals surface area contributed by atoms with Gasteiger partial charge in [-0.15, -0.1) is 0 Å². The lowest BCUT2D eigenvalue weighted by Crippen LogP contribution is -2.35. The first-order chi connectivity index (χ1) is 13.9. The van der Waals surface area contributed by atoms with Crippen molar-refractivity contribution < 1.29 is 23.8 Å². The van der Waals surface area contributed by atoms with E-state index < -0.39 is 0 Å². The van der Waals surface area contributed by atoms with Crippen LogP contribution < -0.4 is 19.5 Å². The smallest absolute Gasteiger partial charge is 0.244 e. The molecule has 8 heteroatoms. The van der Waals surface area contributed by atoms with Crippen molar-refractivity contribution in [3.63, 3.8) is 0 Å². The lowest BCUT2D eigenvalue weighted by atomic mass is 10.2. The van der Waals surface area contributed by atoms with Gasteiger partial charge in [0.1, 0.15) is 17.2 Å². The molecule has 1 N–H and O–H groups in total. The van der Waals surface area contributed by atoms with Crippen LogP contribution in [0.3, 0.4) is 0 Å². The van der Waals surface area contributed by atoms with Crippen molar-refractivity contribution >= 4 is 29.1 Å². The first-order valence-electron chi connectivity index (χ1n) is 9.07. The highest BCUT2D eigenvalue weighted by molar-refractivity contribution is 6.31. The molecule has 7 nitrogen and oxygen atoms in total. The predicted octanol–water partition coefficient (Wildman–Crippen LogP) is 3.61. The summed E-state index contributed by atoms with van der Waals surface area (Å²) in [6.45, 7) is 0.325. The summed E-state index contributed by atoms with van der Waals surface area (Å²) >= 11 is 5.95. The van der Waals surface area contributed by atoms with Gasteiger partial charge in [0.25, 0.3) is 0 Å². The van der Waals surface area contributed by atoms with Crippen molar-refractivity contribution in [2.24, 2.45) is 0 Å². The van der Waals surface area contributed by atoms with E-state index in [-0.39, 0.29) is 24.8 Å². The Kier molecular flexibility index (Phi) is 8.61. The summed E-state index contributed by atoms with van der Waals surface area (Å²) in [6, 6.07) is 12.2. The zero-order chi connectivity index (χ0) is 21.2. The molecule has 2 aromatic rings. The Morgan fingerprint density at radius 3 is 2.38 bits per heavy atom. The highest BCUT2D eigenvalue weighted by Gasteiger charge is 2.14. The molecule has 2 rings (SSSR count). The highest BCUT2D eigenvalue weighted by Crippen LogP contribution is 2.27. The van der Waals surface area contributed by atoms with Gasteiger partial charge >= 0.3 is 0 Å². The topological polar surface area (TPSA) is 77.1 Å². The Bertz CT molecular complexity index is 826. The van der Waals surface area contributed by atoms with E-state index in [0.717, 1.165) is 5.75 Å². The summed E-state index contributed by atoms with van der Waals surface area (Å²) in [7, 11) is 4.69. The van der Waals surface area contributed by atoms with Crippen molar-refractivity contribution in [1.29, 1.82) is 0 Å². The average Bonchev–Trinajstić information content (AvgIpc) is 2.71. The molecule has 0 unspecified atom stereocenters. The van der Waals surface area contributed by atoms with Gasteiger partial charge in [0.15, 0.2) is 0 Å². The summed E-state index contributed by atoms with van der Waals surface area (Å²) < 4.78 is 15.9. The molecule has 0 radical (unpaired) electrons. The molecule has 2 amide bonds. The van der Waals surface area contributed by atoms with Gasteiger partial charge in [-0.25, -0.2) is 0 Å². The van der Waals surface area contributed by atoms with E-state index in [0.29, 0.717) is 35.2 Å². The number of hydrogen-bond acceptors (Lipinski definition) is 5. The molecule has 0 saturated heterocycles. The second-order valence-corrected chi connectivity index (χ2v) is 6.71. The molecular formula is C21H25ClN2O5. The van der Waals surface area contributed by atoms with Crippen molar-refractivity contribution in [2.75, 3.05) is 39.7 Å². The fraction of sp³-hybridized carbons (Fsp3) is 0.333. The minimum Gasteiger partial charge on any atom is -0.497 e. The highest BCUT2D eigenvalue weighted by atomic mass is 35.5. The van der Waals surface area contributed by atoms with Crippen LogP contribution >= 0.6 is 11.6 Å². The summed E-state index contributed by atoms with van der Waals surface area (Å²) in [4.78, 5) is 25.8. The number of likely N-dealkylation sites (N-methyl/N-ethyl adjacent to an activating group) is 1. The molecule has 0 fully saturated rings. The Hall–Kier alpha value is -2.93. The minimum absolute atomic E-state index is 0.0756. The maximum Gasteiger partial charge on any atom is 0.244 e. The number of nitrogens with one attached hydrogen (secondary N) is 1. The molecule has 0 atom stereocenters. The SMILES string of the molecule is COc1ccc(OCCCC(=O)N(C)CC(=O)Nc2cc(Cl)ccc2OC)cc1. The molecule has 0 saturated carbocycles. The fourth-order valence-electron chi connectivity index (χ4n) is 2.55. The van der Waals surface area contributed by atoms with E-state index in [4.69, 9.17) is 25.8 Å². The quantitative estimate of drug-likeness (QED) is 0.594. The van der Waals surface area contributed by atoms with Gasteiger partial charge in [-0.3, -0.25) is 9.59 Å². The second kappa shape index (κ2) is 11.2. The molecule has 2 aromatic carbocycles. The van der Waals surface area contributed by atoms with E-state index in [2.05, 4.69) is 5.32 Å². The van der Waals surface area contributed by atoms with Crippen LogP contribution in [0.4, 0.5) is 5.69 Å². The lowest BCUT2D eigenvalue weighted by molar-refractivity contribution is -0.133. The number of hydrogen-bond donors (Lipinski definition) is 1. The second-order valence-electron chi connectivity index (χ2n) is 6.27. The van der Waals surface area contributed by atoms with E-state index in [1.807, 2.05) is 12.1 Å². The van der Waals surface area contributed by atoms with Crippen molar-refractivity contribution in [1.82, 2.24) is 4.90 Å². The number of rotatable bonds is 10. The summed E-state index contributed by atoms with van der Waals surface area (Å²) in [5.41, 5.74) is 0.457. The minimum atomic E-state index is -0.337. The zero-order valence-electron chi connectivity index (χ0n) is 16.7. The Labute approximate surface area is 175 Å². The van der Waals surface area contributed by atoms with Crippen LogP contribution in [0.5, 0.6) is 17.2 Å². The van der Waals surface area contributed by atoms with Gasteiger partial charge in [0, 0.05) is 18.5 Å². The number of methoxy groups -OCH3 is 2. The van der Waals surface area contributed by atoms with Crippen LogP contribution in [0.15, 0.2) is 42.5 Å². The van der Waals surface area contributed by atoms with Gasteiger partial charge < -0.3 is 24.4 Å². The molecule has 0 aliphatic carbocycles. The Morgan fingerprint density at radius 2 is 1.72 bits per heavy atom. The van der Waals surface area contributed by atoms with Gasteiger partial charge in [0.2, 0.25) is 11.8 Å². The van der Waals surface area contributed by atoms with Crippen LogP contribution in [0.2, 0.25) is 5.02 Å². The first kappa shape index (κ1) is 22.4. The normalized spacial score (nSPS) is 10.2. The largest absolute Gasteiger partial charge is 0.497 e. The van der Waals surface area contributed by atoms with Crippen LogP contribution in [0.25, 0.3) is 0 Å². The van der Waals surface area contributed by atoms with E-state index in [9.17, 15) is 9.59 Å². The third kappa shape index (κ3) is 7.19. The third-order valence-corrected chi connectivity index (χ3v) is 4.34. The monoisotopic (exact) mass is 420 g/mol. The van der Waals surface area contributed by atoms with Gasteiger partial charge in [-0.05, 0) is 48.9 Å². The predicted molar refractivity (Wildman–Crippen MR) is 112 cm³/mol. The van der Waals surface area contributed by atoms with Gasteiger partial charge in [-0.2, -0.15) is 0 Å². The first-order valence-corrected chi connectivity index (χ1v) is 9.45. The summed E-state index contributed by atoms with van der Waals surface area (Å²) in [5.74, 6) is 1.48. The number of carbonyl (C=O) groups is 2.